The average Bonchev–Trinajstić information content (AvgIpc) is 2.43. The number of aryl methyl sites for hydroxylation is 1. The van der Waals surface area contributed by atoms with Crippen LogP contribution >= 0.6 is 15.9 Å². The topological polar surface area (TPSA) is 75.4 Å². The first kappa shape index (κ1) is 16.0. The third kappa shape index (κ3) is 4.54. The Morgan fingerprint density at radius 1 is 1.38 bits per heavy atom. The first-order valence-electron chi connectivity index (χ1n) is 7.03. The second kappa shape index (κ2) is 7.04. The van der Waals surface area contributed by atoms with Crippen LogP contribution in [0.5, 0.6) is 0 Å². The summed E-state index contributed by atoms with van der Waals surface area (Å²) < 4.78 is 1.03. The molecule has 1 aliphatic rings. The molecule has 2 amide bonds. The van der Waals surface area contributed by atoms with Crippen molar-refractivity contribution in [2.24, 2.45) is 11.7 Å². The molecule has 0 aliphatic carbocycles. The fourth-order valence-corrected chi connectivity index (χ4v) is 2.79. The lowest BCUT2D eigenvalue weighted by Gasteiger charge is -2.30. The Labute approximate surface area is 133 Å². The van der Waals surface area contributed by atoms with E-state index in [9.17, 15) is 9.59 Å². The van der Waals surface area contributed by atoms with Gasteiger partial charge in [0.15, 0.2) is 0 Å². The summed E-state index contributed by atoms with van der Waals surface area (Å²) in [7, 11) is 0. The molecule has 21 heavy (non-hydrogen) atoms. The zero-order valence-electron chi connectivity index (χ0n) is 12.1. The maximum atomic E-state index is 12.3. The lowest BCUT2D eigenvalue weighted by Crippen LogP contribution is -2.42. The molecule has 0 bridgehead atoms. The van der Waals surface area contributed by atoms with Crippen molar-refractivity contribution in [3.63, 3.8) is 0 Å². The maximum Gasteiger partial charge on any atom is 0.231 e. The van der Waals surface area contributed by atoms with Crippen LogP contribution in [0.4, 0.5) is 5.69 Å². The Balaban J connectivity index is 1.87. The van der Waals surface area contributed by atoms with Crippen molar-refractivity contribution in [3.8, 4) is 0 Å². The van der Waals surface area contributed by atoms with Gasteiger partial charge in [-0.1, -0.05) is 15.9 Å². The van der Waals surface area contributed by atoms with Crippen molar-refractivity contribution in [2.75, 3.05) is 25.0 Å². The summed E-state index contributed by atoms with van der Waals surface area (Å²) >= 11 is 3.44. The van der Waals surface area contributed by atoms with Gasteiger partial charge in [-0.15, -0.1) is 0 Å². The van der Waals surface area contributed by atoms with E-state index in [0.717, 1.165) is 41.7 Å². The molecule has 5 nitrogen and oxygen atoms in total. The Hall–Kier alpha value is -1.40. The van der Waals surface area contributed by atoms with Gasteiger partial charge < -0.3 is 11.1 Å². The number of anilines is 1. The third-order valence-corrected chi connectivity index (χ3v) is 4.65. The van der Waals surface area contributed by atoms with Crippen molar-refractivity contribution in [1.82, 2.24) is 4.90 Å². The number of primary amides is 1. The van der Waals surface area contributed by atoms with Crippen molar-refractivity contribution in [3.05, 3.63) is 28.2 Å². The van der Waals surface area contributed by atoms with Gasteiger partial charge in [0.1, 0.15) is 0 Å². The number of rotatable bonds is 4. The van der Waals surface area contributed by atoms with Crippen LogP contribution in [0.1, 0.15) is 18.4 Å². The van der Waals surface area contributed by atoms with Gasteiger partial charge in [0, 0.05) is 16.1 Å². The van der Waals surface area contributed by atoms with E-state index in [-0.39, 0.29) is 24.3 Å². The summed E-state index contributed by atoms with van der Waals surface area (Å²) in [6.45, 7) is 3.74. The van der Waals surface area contributed by atoms with Gasteiger partial charge in [0.05, 0.1) is 6.54 Å². The summed E-state index contributed by atoms with van der Waals surface area (Å²) in [6.07, 6.45) is 1.52. The van der Waals surface area contributed by atoms with Gasteiger partial charge in [0.25, 0.3) is 0 Å². The molecule has 1 aromatic carbocycles. The molecule has 0 unspecified atom stereocenters. The fraction of sp³-hybridized carbons (Fsp3) is 0.467. The Morgan fingerprint density at radius 2 is 2.05 bits per heavy atom. The van der Waals surface area contributed by atoms with Crippen LogP contribution in [0.15, 0.2) is 22.7 Å². The maximum absolute atomic E-state index is 12.3. The van der Waals surface area contributed by atoms with Crippen LogP contribution in [0, 0.1) is 12.8 Å². The normalized spacial score (nSPS) is 16.7. The van der Waals surface area contributed by atoms with E-state index in [1.54, 1.807) is 0 Å². The molecule has 1 fully saturated rings. The molecule has 1 heterocycles. The number of nitrogens with one attached hydrogen (secondary N) is 1. The van der Waals surface area contributed by atoms with E-state index in [1.807, 2.05) is 30.0 Å². The van der Waals surface area contributed by atoms with Gasteiger partial charge in [-0.2, -0.15) is 0 Å². The van der Waals surface area contributed by atoms with Crippen molar-refractivity contribution >= 4 is 33.4 Å². The first-order valence-corrected chi connectivity index (χ1v) is 7.82. The number of amides is 2. The van der Waals surface area contributed by atoms with Crippen LogP contribution in [0.2, 0.25) is 0 Å². The largest absolute Gasteiger partial charge is 0.369 e. The molecule has 0 atom stereocenters. The number of benzene rings is 1. The average molecular weight is 354 g/mol. The van der Waals surface area contributed by atoms with Gasteiger partial charge in [-0.25, -0.2) is 0 Å². The highest BCUT2D eigenvalue weighted by Crippen LogP contribution is 2.22. The summed E-state index contributed by atoms with van der Waals surface area (Å²) in [5.74, 6) is -0.267. The summed E-state index contributed by atoms with van der Waals surface area (Å²) in [5.41, 5.74) is 7.09. The van der Waals surface area contributed by atoms with Gasteiger partial charge in [-0.3, -0.25) is 14.5 Å². The first-order chi connectivity index (χ1) is 9.95. The number of hydrogen-bond donors (Lipinski definition) is 2. The molecule has 0 radical (unpaired) electrons. The highest BCUT2D eigenvalue weighted by Gasteiger charge is 2.25. The second-order valence-electron chi connectivity index (χ2n) is 5.47. The number of piperidine rings is 1. The molecule has 0 spiro atoms. The number of hydrogen-bond acceptors (Lipinski definition) is 3. The highest BCUT2D eigenvalue weighted by molar-refractivity contribution is 9.10. The van der Waals surface area contributed by atoms with Crippen LogP contribution in [-0.4, -0.2) is 36.3 Å². The number of nitrogens with two attached hydrogens (primary N) is 1. The van der Waals surface area contributed by atoms with Gasteiger partial charge >= 0.3 is 0 Å². The minimum atomic E-state index is -0.316. The van der Waals surface area contributed by atoms with Crippen LogP contribution in [-0.2, 0) is 9.59 Å². The van der Waals surface area contributed by atoms with Gasteiger partial charge in [0.2, 0.25) is 11.8 Å². The molecule has 1 saturated heterocycles. The zero-order chi connectivity index (χ0) is 15.4. The molecule has 3 N–H and O–H groups in total. The van der Waals surface area contributed by atoms with Crippen molar-refractivity contribution in [1.29, 1.82) is 0 Å². The summed E-state index contributed by atoms with van der Waals surface area (Å²) in [4.78, 5) is 25.1. The monoisotopic (exact) mass is 353 g/mol. The number of carbonyl (C=O) groups is 2. The van der Waals surface area contributed by atoms with E-state index >= 15 is 0 Å². The minimum Gasteiger partial charge on any atom is -0.369 e. The molecule has 0 aromatic heterocycles. The van der Waals surface area contributed by atoms with Crippen molar-refractivity contribution < 1.29 is 9.59 Å². The second-order valence-corrected chi connectivity index (χ2v) is 6.32. The molecular weight excluding hydrogens is 334 g/mol. The Kier molecular flexibility index (Phi) is 5.36. The highest BCUT2D eigenvalue weighted by atomic mass is 79.9. The van der Waals surface area contributed by atoms with E-state index < -0.39 is 0 Å². The van der Waals surface area contributed by atoms with Crippen LogP contribution in [0.3, 0.4) is 0 Å². The number of nitrogens with zero attached hydrogens (tertiary/aromatic N) is 1. The zero-order valence-corrected chi connectivity index (χ0v) is 13.6. The summed E-state index contributed by atoms with van der Waals surface area (Å²) in [6, 6.07) is 5.77. The minimum absolute atomic E-state index is 0.00178. The quantitative estimate of drug-likeness (QED) is 0.867. The van der Waals surface area contributed by atoms with E-state index in [2.05, 4.69) is 21.2 Å². The molecule has 6 heteroatoms. The SMILES string of the molecule is Cc1cc(NC(=O)C2CCN(CC(N)=O)CC2)ccc1Br. The number of likely N-dealkylation sites (tertiary alicyclic amines) is 1. The van der Waals surface area contributed by atoms with E-state index in [0.29, 0.717) is 0 Å². The standard InChI is InChI=1S/C15H20BrN3O2/c1-10-8-12(2-3-13(10)16)18-15(21)11-4-6-19(7-5-11)9-14(17)20/h2-3,8,11H,4-7,9H2,1H3,(H2,17,20)(H,18,21). The third-order valence-electron chi connectivity index (χ3n) is 3.76. The molecular formula is C15H20BrN3O2. The smallest absolute Gasteiger partial charge is 0.231 e. The number of halogens is 1. The lowest BCUT2D eigenvalue weighted by atomic mass is 9.95. The Morgan fingerprint density at radius 3 is 2.62 bits per heavy atom. The molecule has 0 saturated carbocycles. The van der Waals surface area contributed by atoms with Crippen LogP contribution in [0.25, 0.3) is 0 Å². The van der Waals surface area contributed by atoms with Crippen LogP contribution < -0.4 is 11.1 Å². The van der Waals surface area contributed by atoms with E-state index in [1.165, 1.54) is 0 Å². The predicted molar refractivity (Wildman–Crippen MR) is 85.9 cm³/mol. The Bertz CT molecular complexity index is 540. The van der Waals surface area contributed by atoms with E-state index in [4.69, 9.17) is 5.73 Å². The molecule has 2 rings (SSSR count). The predicted octanol–water partition coefficient (Wildman–Crippen LogP) is 1.89. The molecule has 1 aliphatic heterocycles. The fourth-order valence-electron chi connectivity index (χ4n) is 2.54. The molecule has 1 aromatic rings. The number of carbonyl (C=O) groups excluding carboxylic acids is 2. The lowest BCUT2D eigenvalue weighted by molar-refractivity contribution is -0.122. The molecule has 114 valence electrons. The summed E-state index contributed by atoms with van der Waals surface area (Å²) in [5, 5.41) is 2.97. The van der Waals surface area contributed by atoms with Gasteiger partial charge in [-0.05, 0) is 56.6 Å². The van der Waals surface area contributed by atoms with Crippen molar-refractivity contribution in [2.45, 2.75) is 19.8 Å².